The van der Waals surface area contributed by atoms with Gasteiger partial charge in [0.05, 0.1) is 16.6 Å². The van der Waals surface area contributed by atoms with Crippen LogP contribution in [-0.2, 0) is 0 Å². The summed E-state index contributed by atoms with van der Waals surface area (Å²) < 4.78 is 0. The highest BCUT2D eigenvalue weighted by molar-refractivity contribution is 6.33. The summed E-state index contributed by atoms with van der Waals surface area (Å²) in [5.41, 5.74) is 2.36. The summed E-state index contributed by atoms with van der Waals surface area (Å²) in [6.07, 6.45) is 3.46. The second-order valence-corrected chi connectivity index (χ2v) is 5.49. The lowest BCUT2D eigenvalue weighted by atomic mass is 9.99. The zero-order valence-electron chi connectivity index (χ0n) is 12.3. The van der Waals surface area contributed by atoms with Crippen LogP contribution in [0.15, 0.2) is 79.1 Å². The van der Waals surface area contributed by atoms with Crippen LogP contribution in [0.2, 0.25) is 5.02 Å². The van der Waals surface area contributed by atoms with Crippen LogP contribution in [0.25, 0.3) is 0 Å². The number of pyridine rings is 1. The van der Waals surface area contributed by atoms with Crippen LogP contribution in [0.1, 0.15) is 27.5 Å². The Bertz CT molecular complexity index is 751. The van der Waals surface area contributed by atoms with E-state index in [2.05, 4.69) is 10.3 Å². The van der Waals surface area contributed by atoms with Gasteiger partial charge in [-0.15, -0.1) is 0 Å². The van der Waals surface area contributed by atoms with Crippen molar-refractivity contribution in [1.82, 2.24) is 10.3 Å². The molecule has 0 saturated carbocycles. The zero-order valence-corrected chi connectivity index (χ0v) is 13.1. The third-order valence-electron chi connectivity index (χ3n) is 3.54. The van der Waals surface area contributed by atoms with E-state index in [0.717, 1.165) is 11.1 Å². The van der Waals surface area contributed by atoms with Gasteiger partial charge < -0.3 is 5.32 Å². The normalized spacial score (nSPS) is 11.7. The Balaban J connectivity index is 1.94. The summed E-state index contributed by atoms with van der Waals surface area (Å²) in [4.78, 5) is 16.8. The van der Waals surface area contributed by atoms with Crippen molar-refractivity contribution in [3.8, 4) is 0 Å². The van der Waals surface area contributed by atoms with Crippen molar-refractivity contribution in [1.29, 1.82) is 0 Å². The van der Waals surface area contributed by atoms with Gasteiger partial charge in [0.1, 0.15) is 0 Å². The first-order valence-corrected chi connectivity index (χ1v) is 7.64. The van der Waals surface area contributed by atoms with E-state index in [1.807, 2.05) is 42.5 Å². The molecule has 0 radical (unpaired) electrons. The Morgan fingerprint density at radius 1 is 0.913 bits per heavy atom. The molecule has 3 rings (SSSR count). The number of hydrogen-bond acceptors (Lipinski definition) is 2. The van der Waals surface area contributed by atoms with Crippen molar-refractivity contribution in [2.24, 2.45) is 0 Å². The maximum absolute atomic E-state index is 12.6. The summed E-state index contributed by atoms with van der Waals surface area (Å²) in [6.45, 7) is 0. The standard InChI is InChI=1S/C19H15ClN2O/c20-17-11-5-4-10-16(17)19(23)22-18(14-7-2-1-3-8-14)15-9-6-12-21-13-15/h1-13,18H,(H,22,23). The number of benzene rings is 2. The second kappa shape index (κ2) is 7.07. The lowest BCUT2D eigenvalue weighted by Crippen LogP contribution is -2.29. The number of amides is 1. The lowest BCUT2D eigenvalue weighted by molar-refractivity contribution is 0.0943. The molecule has 0 aliphatic carbocycles. The molecular formula is C19H15ClN2O. The van der Waals surface area contributed by atoms with Gasteiger partial charge in [0.2, 0.25) is 0 Å². The Kier molecular flexibility index (Phi) is 4.69. The minimum atomic E-state index is -0.284. The van der Waals surface area contributed by atoms with E-state index in [-0.39, 0.29) is 11.9 Å². The summed E-state index contributed by atoms with van der Waals surface area (Å²) in [6, 6.07) is 20.3. The highest BCUT2D eigenvalue weighted by Crippen LogP contribution is 2.23. The number of nitrogens with zero attached hydrogens (tertiary/aromatic N) is 1. The molecule has 1 amide bonds. The smallest absolute Gasteiger partial charge is 0.253 e. The minimum Gasteiger partial charge on any atom is -0.341 e. The first kappa shape index (κ1) is 15.3. The number of nitrogens with one attached hydrogen (secondary N) is 1. The first-order valence-electron chi connectivity index (χ1n) is 7.26. The number of carbonyl (C=O) groups is 1. The summed E-state index contributed by atoms with van der Waals surface area (Å²) in [5.74, 6) is -0.215. The Hall–Kier alpha value is -2.65. The summed E-state index contributed by atoms with van der Waals surface area (Å²) in [5, 5.41) is 3.48. The van der Waals surface area contributed by atoms with Gasteiger partial charge in [-0.1, -0.05) is 60.1 Å². The molecule has 0 saturated heterocycles. The maximum Gasteiger partial charge on any atom is 0.253 e. The monoisotopic (exact) mass is 322 g/mol. The Morgan fingerprint density at radius 3 is 2.30 bits per heavy atom. The Labute approximate surface area is 140 Å². The molecule has 0 aliphatic rings. The lowest BCUT2D eigenvalue weighted by Gasteiger charge is -2.20. The van der Waals surface area contributed by atoms with E-state index in [1.54, 1.807) is 36.7 Å². The molecule has 1 atom stereocenters. The minimum absolute atomic E-state index is 0.215. The second-order valence-electron chi connectivity index (χ2n) is 5.08. The maximum atomic E-state index is 12.6. The van der Waals surface area contributed by atoms with Crippen molar-refractivity contribution in [2.75, 3.05) is 0 Å². The SMILES string of the molecule is O=C(NC(c1ccccc1)c1cccnc1)c1ccccc1Cl. The quantitative estimate of drug-likeness (QED) is 0.780. The predicted molar refractivity (Wildman–Crippen MR) is 91.4 cm³/mol. The van der Waals surface area contributed by atoms with E-state index in [0.29, 0.717) is 10.6 Å². The number of halogens is 1. The molecular weight excluding hydrogens is 308 g/mol. The van der Waals surface area contributed by atoms with Gasteiger partial charge in [0, 0.05) is 12.4 Å². The van der Waals surface area contributed by atoms with Crippen LogP contribution < -0.4 is 5.32 Å². The van der Waals surface area contributed by atoms with Crippen molar-refractivity contribution in [3.05, 3.63) is 101 Å². The van der Waals surface area contributed by atoms with Crippen LogP contribution in [0.5, 0.6) is 0 Å². The molecule has 3 nitrogen and oxygen atoms in total. The zero-order chi connectivity index (χ0) is 16.1. The van der Waals surface area contributed by atoms with Crippen molar-refractivity contribution < 1.29 is 4.79 Å². The number of rotatable bonds is 4. The van der Waals surface area contributed by atoms with E-state index in [9.17, 15) is 4.79 Å². The number of carbonyl (C=O) groups excluding carboxylic acids is 1. The molecule has 0 spiro atoms. The molecule has 23 heavy (non-hydrogen) atoms. The van der Waals surface area contributed by atoms with Gasteiger partial charge in [0.25, 0.3) is 5.91 Å². The van der Waals surface area contributed by atoms with Crippen LogP contribution in [0.4, 0.5) is 0 Å². The van der Waals surface area contributed by atoms with Crippen LogP contribution in [0.3, 0.4) is 0 Å². The fourth-order valence-electron chi connectivity index (χ4n) is 2.41. The molecule has 1 aromatic heterocycles. The molecule has 2 aromatic carbocycles. The van der Waals surface area contributed by atoms with Crippen LogP contribution in [-0.4, -0.2) is 10.9 Å². The first-order chi connectivity index (χ1) is 11.3. The van der Waals surface area contributed by atoms with Crippen molar-refractivity contribution >= 4 is 17.5 Å². The topological polar surface area (TPSA) is 42.0 Å². The molecule has 114 valence electrons. The average Bonchev–Trinajstić information content (AvgIpc) is 2.61. The molecule has 0 aliphatic heterocycles. The Morgan fingerprint density at radius 2 is 1.61 bits per heavy atom. The van der Waals surface area contributed by atoms with Gasteiger partial charge in [-0.25, -0.2) is 0 Å². The van der Waals surface area contributed by atoms with E-state index in [1.165, 1.54) is 0 Å². The fraction of sp³-hybridized carbons (Fsp3) is 0.0526. The van der Waals surface area contributed by atoms with E-state index < -0.39 is 0 Å². The molecule has 1 N–H and O–H groups in total. The molecule has 1 heterocycles. The third kappa shape index (κ3) is 3.58. The largest absolute Gasteiger partial charge is 0.341 e. The number of aromatic nitrogens is 1. The van der Waals surface area contributed by atoms with Crippen molar-refractivity contribution in [2.45, 2.75) is 6.04 Å². The van der Waals surface area contributed by atoms with E-state index >= 15 is 0 Å². The molecule has 3 aromatic rings. The average molecular weight is 323 g/mol. The van der Waals surface area contributed by atoms with Gasteiger partial charge >= 0.3 is 0 Å². The molecule has 1 unspecified atom stereocenters. The summed E-state index contributed by atoms with van der Waals surface area (Å²) in [7, 11) is 0. The van der Waals surface area contributed by atoms with Gasteiger partial charge in [-0.3, -0.25) is 9.78 Å². The van der Waals surface area contributed by atoms with Crippen LogP contribution >= 0.6 is 11.6 Å². The van der Waals surface area contributed by atoms with Crippen molar-refractivity contribution in [3.63, 3.8) is 0 Å². The van der Waals surface area contributed by atoms with E-state index in [4.69, 9.17) is 11.6 Å². The number of hydrogen-bond donors (Lipinski definition) is 1. The van der Waals surface area contributed by atoms with Gasteiger partial charge in [-0.05, 0) is 29.3 Å². The summed E-state index contributed by atoms with van der Waals surface area (Å²) >= 11 is 6.12. The van der Waals surface area contributed by atoms with Crippen LogP contribution in [0, 0.1) is 0 Å². The molecule has 0 fully saturated rings. The molecule has 4 heteroatoms. The van der Waals surface area contributed by atoms with Gasteiger partial charge in [0.15, 0.2) is 0 Å². The third-order valence-corrected chi connectivity index (χ3v) is 3.87. The highest BCUT2D eigenvalue weighted by atomic mass is 35.5. The van der Waals surface area contributed by atoms with Gasteiger partial charge in [-0.2, -0.15) is 0 Å². The molecule has 0 bridgehead atoms. The highest BCUT2D eigenvalue weighted by Gasteiger charge is 2.19. The fourth-order valence-corrected chi connectivity index (χ4v) is 2.63. The predicted octanol–water partition coefficient (Wildman–Crippen LogP) is 4.25.